The van der Waals surface area contributed by atoms with Gasteiger partial charge in [-0.3, -0.25) is 0 Å². The molecule has 2 aromatic rings. The molecule has 0 spiro atoms. The molecule has 0 aliphatic rings. The van der Waals surface area contributed by atoms with Gasteiger partial charge in [0, 0.05) is 24.5 Å². The first-order valence-corrected chi connectivity index (χ1v) is 6.79. The molecule has 20 heavy (non-hydrogen) atoms. The summed E-state index contributed by atoms with van der Waals surface area (Å²) >= 11 is 0. The Morgan fingerprint density at radius 3 is 2.95 bits per heavy atom. The summed E-state index contributed by atoms with van der Waals surface area (Å²) in [6, 6.07) is 5.89. The summed E-state index contributed by atoms with van der Waals surface area (Å²) in [7, 11) is 1.67. The first kappa shape index (κ1) is 14.4. The standard InChI is InChI=1S/C15H21N3O2/c1-3-16-11-13-10-14(19-2)4-5-15(13)20-9-8-18-7-6-17-12-18/h4-7,10,12,16H,3,8-9,11H2,1-2H3. The average Bonchev–Trinajstić information content (AvgIpc) is 2.99. The van der Waals surface area contributed by atoms with Gasteiger partial charge in [0.05, 0.1) is 20.0 Å². The molecular weight excluding hydrogens is 254 g/mol. The van der Waals surface area contributed by atoms with Gasteiger partial charge in [0.15, 0.2) is 0 Å². The zero-order chi connectivity index (χ0) is 14.2. The highest BCUT2D eigenvalue weighted by Gasteiger charge is 2.05. The number of methoxy groups -OCH3 is 1. The maximum Gasteiger partial charge on any atom is 0.124 e. The summed E-state index contributed by atoms with van der Waals surface area (Å²) in [5, 5.41) is 3.31. The minimum atomic E-state index is 0.613. The first-order chi connectivity index (χ1) is 9.83. The minimum Gasteiger partial charge on any atom is -0.497 e. The van der Waals surface area contributed by atoms with Crippen LogP contribution in [0.25, 0.3) is 0 Å². The summed E-state index contributed by atoms with van der Waals surface area (Å²) in [5.74, 6) is 1.74. The summed E-state index contributed by atoms with van der Waals surface area (Å²) in [6.45, 7) is 5.17. The molecule has 5 nitrogen and oxygen atoms in total. The number of aromatic nitrogens is 2. The number of imidazole rings is 1. The number of hydrogen-bond donors (Lipinski definition) is 1. The van der Waals surface area contributed by atoms with Gasteiger partial charge in [0.2, 0.25) is 0 Å². The predicted molar refractivity (Wildman–Crippen MR) is 78.1 cm³/mol. The Labute approximate surface area is 119 Å². The number of hydrogen-bond acceptors (Lipinski definition) is 4. The third-order valence-electron chi connectivity index (χ3n) is 3.00. The van der Waals surface area contributed by atoms with E-state index in [4.69, 9.17) is 9.47 Å². The smallest absolute Gasteiger partial charge is 0.124 e. The molecule has 1 aromatic heterocycles. The van der Waals surface area contributed by atoms with Crippen molar-refractivity contribution in [1.82, 2.24) is 14.9 Å². The number of rotatable bonds is 8. The van der Waals surface area contributed by atoms with Crippen molar-refractivity contribution >= 4 is 0 Å². The molecule has 1 heterocycles. The van der Waals surface area contributed by atoms with Gasteiger partial charge in [-0.25, -0.2) is 4.98 Å². The molecule has 0 amide bonds. The maximum atomic E-state index is 5.86. The van der Waals surface area contributed by atoms with Crippen molar-refractivity contribution in [3.8, 4) is 11.5 Å². The van der Waals surface area contributed by atoms with Crippen molar-refractivity contribution in [2.24, 2.45) is 0 Å². The van der Waals surface area contributed by atoms with E-state index in [1.165, 1.54) is 0 Å². The van der Waals surface area contributed by atoms with Gasteiger partial charge in [0.1, 0.15) is 18.1 Å². The molecule has 5 heteroatoms. The van der Waals surface area contributed by atoms with Gasteiger partial charge < -0.3 is 19.4 Å². The fourth-order valence-corrected chi connectivity index (χ4v) is 1.90. The SMILES string of the molecule is CCNCc1cc(OC)ccc1OCCn1ccnc1. The van der Waals surface area contributed by atoms with Crippen LogP contribution in [0.1, 0.15) is 12.5 Å². The number of nitrogens with one attached hydrogen (secondary N) is 1. The van der Waals surface area contributed by atoms with E-state index in [2.05, 4.69) is 17.2 Å². The van der Waals surface area contributed by atoms with E-state index in [1.807, 2.05) is 29.0 Å². The van der Waals surface area contributed by atoms with E-state index in [0.29, 0.717) is 6.61 Å². The molecule has 1 aromatic carbocycles. The molecule has 0 saturated heterocycles. The molecule has 2 rings (SSSR count). The van der Waals surface area contributed by atoms with Gasteiger partial charge >= 0.3 is 0 Å². The fraction of sp³-hybridized carbons (Fsp3) is 0.400. The molecule has 0 saturated carbocycles. The molecule has 0 radical (unpaired) electrons. The van der Waals surface area contributed by atoms with Crippen molar-refractivity contribution in [3.05, 3.63) is 42.5 Å². The largest absolute Gasteiger partial charge is 0.497 e. The predicted octanol–water partition coefficient (Wildman–Crippen LogP) is 2.08. The van der Waals surface area contributed by atoms with Crippen LogP contribution in [-0.2, 0) is 13.1 Å². The third kappa shape index (κ3) is 3.99. The lowest BCUT2D eigenvalue weighted by Crippen LogP contribution is -2.14. The molecule has 0 atom stereocenters. The lowest BCUT2D eigenvalue weighted by Gasteiger charge is -2.13. The fourth-order valence-electron chi connectivity index (χ4n) is 1.90. The highest BCUT2D eigenvalue weighted by Crippen LogP contribution is 2.24. The number of nitrogens with zero attached hydrogens (tertiary/aromatic N) is 2. The summed E-state index contributed by atoms with van der Waals surface area (Å²) in [6.07, 6.45) is 5.48. The second-order valence-electron chi connectivity index (χ2n) is 4.40. The number of ether oxygens (including phenoxy) is 2. The zero-order valence-electron chi connectivity index (χ0n) is 12.0. The van der Waals surface area contributed by atoms with Crippen molar-refractivity contribution in [1.29, 1.82) is 0 Å². The van der Waals surface area contributed by atoms with E-state index in [9.17, 15) is 0 Å². The van der Waals surface area contributed by atoms with Crippen LogP contribution in [0.15, 0.2) is 36.9 Å². The molecule has 0 aliphatic carbocycles. The zero-order valence-corrected chi connectivity index (χ0v) is 12.0. The van der Waals surface area contributed by atoms with Crippen LogP contribution in [-0.4, -0.2) is 29.8 Å². The van der Waals surface area contributed by atoms with Crippen LogP contribution in [0, 0.1) is 0 Å². The lowest BCUT2D eigenvalue weighted by atomic mass is 10.2. The monoisotopic (exact) mass is 275 g/mol. The van der Waals surface area contributed by atoms with Crippen molar-refractivity contribution in [2.45, 2.75) is 20.0 Å². The summed E-state index contributed by atoms with van der Waals surface area (Å²) in [4.78, 5) is 4.01. The van der Waals surface area contributed by atoms with Crippen LogP contribution < -0.4 is 14.8 Å². The second-order valence-corrected chi connectivity index (χ2v) is 4.40. The van der Waals surface area contributed by atoms with Gasteiger partial charge in [-0.1, -0.05) is 6.92 Å². The van der Waals surface area contributed by atoms with Gasteiger partial charge in [-0.2, -0.15) is 0 Å². The molecule has 0 unspecified atom stereocenters. The Morgan fingerprint density at radius 1 is 1.35 bits per heavy atom. The number of benzene rings is 1. The van der Waals surface area contributed by atoms with E-state index < -0.39 is 0 Å². The van der Waals surface area contributed by atoms with Gasteiger partial charge in [-0.05, 0) is 24.7 Å². The lowest BCUT2D eigenvalue weighted by molar-refractivity contribution is 0.294. The highest BCUT2D eigenvalue weighted by atomic mass is 16.5. The molecule has 1 N–H and O–H groups in total. The Hall–Kier alpha value is -2.01. The van der Waals surface area contributed by atoms with Gasteiger partial charge in [-0.15, -0.1) is 0 Å². The van der Waals surface area contributed by atoms with Crippen LogP contribution in [0.2, 0.25) is 0 Å². The van der Waals surface area contributed by atoms with Crippen LogP contribution in [0.3, 0.4) is 0 Å². The Kier molecular flexibility index (Phi) is 5.43. The van der Waals surface area contributed by atoms with Crippen molar-refractivity contribution < 1.29 is 9.47 Å². The molecule has 108 valence electrons. The normalized spacial score (nSPS) is 10.5. The van der Waals surface area contributed by atoms with Gasteiger partial charge in [0.25, 0.3) is 0 Å². The molecule has 0 fully saturated rings. The van der Waals surface area contributed by atoms with E-state index in [0.717, 1.165) is 36.7 Å². The Balaban J connectivity index is 1.97. The topological polar surface area (TPSA) is 48.3 Å². The second kappa shape index (κ2) is 7.55. The molecular formula is C15H21N3O2. The van der Waals surface area contributed by atoms with Crippen molar-refractivity contribution in [2.75, 3.05) is 20.3 Å². The minimum absolute atomic E-state index is 0.613. The Morgan fingerprint density at radius 2 is 2.25 bits per heavy atom. The first-order valence-electron chi connectivity index (χ1n) is 6.79. The Bertz CT molecular complexity index is 512. The summed E-state index contributed by atoms with van der Waals surface area (Å²) < 4.78 is 13.1. The van der Waals surface area contributed by atoms with E-state index >= 15 is 0 Å². The maximum absolute atomic E-state index is 5.86. The molecule has 0 bridgehead atoms. The average molecular weight is 275 g/mol. The summed E-state index contributed by atoms with van der Waals surface area (Å²) in [5.41, 5.74) is 1.11. The highest BCUT2D eigenvalue weighted by molar-refractivity contribution is 5.40. The van der Waals surface area contributed by atoms with E-state index in [1.54, 1.807) is 19.6 Å². The quantitative estimate of drug-likeness (QED) is 0.801. The molecule has 0 aliphatic heterocycles. The third-order valence-corrected chi connectivity index (χ3v) is 3.00. The van der Waals surface area contributed by atoms with Crippen molar-refractivity contribution in [3.63, 3.8) is 0 Å². The van der Waals surface area contributed by atoms with Crippen LogP contribution in [0.4, 0.5) is 0 Å². The van der Waals surface area contributed by atoms with Crippen LogP contribution in [0.5, 0.6) is 11.5 Å². The van der Waals surface area contributed by atoms with Crippen LogP contribution >= 0.6 is 0 Å². The van der Waals surface area contributed by atoms with E-state index in [-0.39, 0.29) is 0 Å².